The van der Waals surface area contributed by atoms with Crippen molar-refractivity contribution in [2.45, 2.75) is 31.4 Å². The van der Waals surface area contributed by atoms with Crippen molar-refractivity contribution >= 4 is 41.0 Å². The number of carbonyl (C=O) groups is 3. The van der Waals surface area contributed by atoms with Gasteiger partial charge < -0.3 is 30.2 Å². The molecule has 172 valence electrons. The minimum Gasteiger partial charge on any atom is -0.485 e. The van der Waals surface area contributed by atoms with Gasteiger partial charge in [0.25, 0.3) is 0 Å². The summed E-state index contributed by atoms with van der Waals surface area (Å²) in [6.45, 7) is 0.555. The maximum Gasteiger partial charge on any atom is 0.356 e. The molecule has 1 amide bonds. The van der Waals surface area contributed by atoms with E-state index in [4.69, 9.17) is 33.7 Å². The Hall–Kier alpha value is -2.75. The highest BCUT2D eigenvalue weighted by molar-refractivity contribution is 6.42. The first kappa shape index (κ1) is 23.9. The highest BCUT2D eigenvalue weighted by Gasteiger charge is 2.42. The van der Waals surface area contributed by atoms with Crippen LogP contribution in [-0.2, 0) is 18.4 Å². The second kappa shape index (κ2) is 9.40. The number of aromatic nitrogens is 1. The van der Waals surface area contributed by atoms with E-state index in [1.807, 2.05) is 11.9 Å². The summed E-state index contributed by atoms with van der Waals surface area (Å²) in [5, 5.41) is 20.4. The standard InChI is InChI=1S/C21H23Cl2N3O6/c1-25-7-3-4-13(25)14(19(24)27)16-15(20(28)29)18(17(21(30)31)26(16)2)32-9-10-5-6-11(22)12(23)8-10/h5-6,8,13-14H,3-4,7,9H2,1-2H3,(H2,24,27)(H,28,29)(H,30,31). The number of carbonyl (C=O) groups excluding carboxylic acids is 1. The molecule has 0 saturated carbocycles. The number of benzene rings is 1. The highest BCUT2D eigenvalue weighted by Crippen LogP contribution is 2.39. The molecule has 1 aromatic heterocycles. The number of carboxylic acid groups (broad SMARTS) is 2. The Bertz CT molecular complexity index is 1080. The average Bonchev–Trinajstić information content (AvgIpc) is 3.24. The van der Waals surface area contributed by atoms with Gasteiger partial charge in [-0.15, -0.1) is 0 Å². The number of ether oxygens (including phenoxy) is 1. The Morgan fingerprint density at radius 3 is 2.38 bits per heavy atom. The number of likely N-dealkylation sites (tertiary alicyclic amines) is 1. The zero-order chi connectivity index (χ0) is 23.7. The van der Waals surface area contributed by atoms with Crippen molar-refractivity contribution in [2.24, 2.45) is 12.8 Å². The van der Waals surface area contributed by atoms with Crippen molar-refractivity contribution in [1.82, 2.24) is 9.47 Å². The zero-order valence-electron chi connectivity index (χ0n) is 17.5. The van der Waals surface area contributed by atoms with Crippen LogP contribution >= 0.6 is 23.2 Å². The largest absolute Gasteiger partial charge is 0.485 e. The Morgan fingerprint density at radius 2 is 1.88 bits per heavy atom. The molecular weight excluding hydrogens is 461 g/mol. The summed E-state index contributed by atoms with van der Waals surface area (Å²) in [5.74, 6) is -4.92. The van der Waals surface area contributed by atoms with Gasteiger partial charge in [0.1, 0.15) is 12.2 Å². The molecule has 1 aliphatic heterocycles. The van der Waals surface area contributed by atoms with Crippen LogP contribution in [0.25, 0.3) is 0 Å². The fraction of sp³-hybridized carbons (Fsp3) is 0.381. The van der Waals surface area contributed by atoms with E-state index in [1.54, 1.807) is 12.1 Å². The number of aromatic carboxylic acids is 2. The van der Waals surface area contributed by atoms with E-state index >= 15 is 0 Å². The number of hydrogen-bond acceptors (Lipinski definition) is 5. The second-order valence-electron chi connectivity index (χ2n) is 7.71. The van der Waals surface area contributed by atoms with Crippen molar-refractivity contribution in [2.75, 3.05) is 13.6 Å². The van der Waals surface area contributed by atoms with Crippen LogP contribution in [0.3, 0.4) is 0 Å². The van der Waals surface area contributed by atoms with E-state index < -0.39 is 29.3 Å². The summed E-state index contributed by atoms with van der Waals surface area (Å²) in [7, 11) is 3.21. The predicted octanol–water partition coefficient (Wildman–Crippen LogP) is 2.97. The molecule has 32 heavy (non-hydrogen) atoms. The van der Waals surface area contributed by atoms with Gasteiger partial charge in [0.05, 0.1) is 21.7 Å². The minimum atomic E-state index is -1.42. The summed E-state index contributed by atoms with van der Waals surface area (Å²) >= 11 is 11.9. The highest BCUT2D eigenvalue weighted by atomic mass is 35.5. The lowest BCUT2D eigenvalue weighted by Gasteiger charge is -2.28. The Kier molecular flexibility index (Phi) is 7.02. The molecule has 2 atom stereocenters. The van der Waals surface area contributed by atoms with Gasteiger partial charge in [-0.3, -0.25) is 4.79 Å². The smallest absolute Gasteiger partial charge is 0.356 e. The predicted molar refractivity (Wildman–Crippen MR) is 118 cm³/mol. The average molecular weight is 484 g/mol. The summed E-state index contributed by atoms with van der Waals surface area (Å²) in [6, 6.07) is 4.35. The van der Waals surface area contributed by atoms with Gasteiger partial charge in [0.2, 0.25) is 5.91 Å². The molecule has 0 radical (unpaired) electrons. The van der Waals surface area contributed by atoms with Gasteiger partial charge in [-0.1, -0.05) is 29.3 Å². The number of nitrogens with zero attached hydrogens (tertiary/aromatic N) is 2. The molecule has 2 aromatic rings. The number of hydrogen-bond donors (Lipinski definition) is 3. The van der Waals surface area contributed by atoms with Crippen molar-refractivity contribution in [3.8, 4) is 5.75 Å². The number of halogens is 2. The van der Waals surface area contributed by atoms with Crippen LogP contribution in [0, 0.1) is 0 Å². The zero-order valence-corrected chi connectivity index (χ0v) is 19.0. The number of likely N-dealkylation sites (N-methyl/N-ethyl adjacent to an activating group) is 1. The van der Waals surface area contributed by atoms with E-state index in [0.717, 1.165) is 6.42 Å². The van der Waals surface area contributed by atoms with Gasteiger partial charge in [-0.2, -0.15) is 0 Å². The van der Waals surface area contributed by atoms with Crippen LogP contribution in [0.1, 0.15) is 50.9 Å². The third-order valence-corrected chi connectivity index (χ3v) is 6.48. The van der Waals surface area contributed by atoms with E-state index in [1.165, 1.54) is 17.7 Å². The molecule has 1 saturated heterocycles. The van der Waals surface area contributed by atoms with Crippen LogP contribution < -0.4 is 10.5 Å². The summed E-state index contributed by atoms with van der Waals surface area (Å²) < 4.78 is 6.88. The molecule has 11 heteroatoms. The van der Waals surface area contributed by atoms with Crippen LogP contribution in [0.5, 0.6) is 5.75 Å². The maximum atomic E-state index is 12.5. The van der Waals surface area contributed by atoms with E-state index in [9.17, 15) is 24.6 Å². The Morgan fingerprint density at radius 1 is 1.19 bits per heavy atom. The molecule has 2 unspecified atom stereocenters. The van der Waals surface area contributed by atoms with Gasteiger partial charge in [-0.25, -0.2) is 9.59 Å². The first-order chi connectivity index (χ1) is 15.0. The molecule has 0 aliphatic carbocycles. The normalized spacial score (nSPS) is 17.3. The Balaban J connectivity index is 2.14. The Labute approximate surface area is 194 Å². The lowest BCUT2D eigenvalue weighted by molar-refractivity contribution is -0.120. The van der Waals surface area contributed by atoms with Gasteiger partial charge in [0.15, 0.2) is 11.4 Å². The first-order valence-corrected chi connectivity index (χ1v) is 10.6. The molecule has 0 bridgehead atoms. The van der Waals surface area contributed by atoms with Crippen molar-refractivity contribution in [3.63, 3.8) is 0 Å². The minimum absolute atomic E-state index is 0.00490. The molecule has 1 aromatic carbocycles. The summed E-state index contributed by atoms with van der Waals surface area (Å²) in [6.07, 6.45) is 1.43. The third kappa shape index (κ3) is 4.41. The number of primary amides is 1. The van der Waals surface area contributed by atoms with Crippen LogP contribution in [0.4, 0.5) is 0 Å². The molecule has 9 nitrogen and oxygen atoms in total. The van der Waals surface area contributed by atoms with Crippen molar-refractivity contribution < 1.29 is 29.3 Å². The topological polar surface area (TPSA) is 135 Å². The molecule has 1 aliphatic rings. The number of rotatable bonds is 8. The quantitative estimate of drug-likeness (QED) is 0.524. The van der Waals surface area contributed by atoms with Gasteiger partial charge >= 0.3 is 11.9 Å². The van der Waals surface area contributed by atoms with Crippen LogP contribution in [0.2, 0.25) is 10.0 Å². The molecule has 4 N–H and O–H groups in total. The van der Waals surface area contributed by atoms with E-state index in [0.29, 0.717) is 23.6 Å². The second-order valence-corrected chi connectivity index (χ2v) is 8.53. The van der Waals surface area contributed by atoms with Crippen LogP contribution in [0.15, 0.2) is 18.2 Å². The molecular formula is C21H23Cl2N3O6. The third-order valence-electron chi connectivity index (χ3n) is 5.74. The number of nitrogens with two attached hydrogens (primary N) is 1. The van der Waals surface area contributed by atoms with Gasteiger partial charge in [-0.05, 0) is 44.1 Å². The van der Waals surface area contributed by atoms with Crippen molar-refractivity contribution in [3.05, 3.63) is 50.8 Å². The van der Waals surface area contributed by atoms with Gasteiger partial charge in [0, 0.05) is 13.1 Å². The molecule has 0 spiro atoms. The number of amides is 1. The summed E-state index contributed by atoms with van der Waals surface area (Å²) in [4.78, 5) is 38.7. The fourth-order valence-electron chi connectivity index (χ4n) is 4.28. The lowest BCUT2D eigenvalue weighted by atomic mass is 9.90. The van der Waals surface area contributed by atoms with E-state index in [-0.39, 0.29) is 34.8 Å². The maximum absolute atomic E-state index is 12.5. The lowest BCUT2D eigenvalue weighted by Crippen LogP contribution is -2.40. The molecule has 1 fully saturated rings. The fourth-order valence-corrected chi connectivity index (χ4v) is 4.60. The number of carboxylic acids is 2. The SMILES string of the molecule is CN1CCCC1C(C(N)=O)c1c(C(=O)O)c(OCc2ccc(Cl)c(Cl)c2)c(C(=O)O)n1C. The first-order valence-electron chi connectivity index (χ1n) is 9.80. The van der Waals surface area contributed by atoms with Crippen molar-refractivity contribution in [1.29, 1.82) is 0 Å². The van der Waals surface area contributed by atoms with Crippen LogP contribution in [-0.4, -0.2) is 57.2 Å². The summed E-state index contributed by atoms with van der Waals surface area (Å²) in [5.41, 5.74) is 5.47. The molecule has 2 heterocycles. The molecule has 3 rings (SSSR count). The monoisotopic (exact) mass is 483 g/mol. The van der Waals surface area contributed by atoms with E-state index in [2.05, 4.69) is 0 Å².